The molecule has 1 aromatic rings. The van der Waals surface area contributed by atoms with Gasteiger partial charge in [-0.1, -0.05) is 0 Å². The maximum Gasteiger partial charge on any atom is 0.270 e. The van der Waals surface area contributed by atoms with Crippen LogP contribution in [0.15, 0.2) is 22.7 Å². The first kappa shape index (κ1) is 14.9. The van der Waals surface area contributed by atoms with Crippen LogP contribution in [-0.4, -0.2) is 23.7 Å². The van der Waals surface area contributed by atoms with Crippen molar-refractivity contribution in [3.05, 3.63) is 32.8 Å². The molecule has 1 aromatic carbocycles. The predicted octanol–water partition coefficient (Wildman–Crippen LogP) is 3.58. The Labute approximate surface area is 115 Å². The lowest BCUT2D eigenvalue weighted by Gasteiger charge is -2.31. The Hall–Kier alpha value is -1.14. The fraction of sp³-hybridized carbons (Fsp3) is 0.500. The Bertz CT molecular complexity index is 449. The lowest BCUT2D eigenvalue weighted by atomic mass is 10.00. The van der Waals surface area contributed by atoms with Crippen LogP contribution in [0.3, 0.4) is 0 Å². The number of nitro groups is 1. The van der Waals surface area contributed by atoms with E-state index in [1.165, 1.54) is 12.1 Å². The maximum atomic E-state index is 10.6. The fourth-order valence-electron chi connectivity index (χ4n) is 1.32. The number of nitro benzene ring substituents is 1. The van der Waals surface area contributed by atoms with E-state index in [0.717, 1.165) is 5.69 Å². The molecule has 100 valence electrons. The van der Waals surface area contributed by atoms with Crippen LogP contribution < -0.4 is 5.32 Å². The summed E-state index contributed by atoms with van der Waals surface area (Å²) in [5.74, 6) is 0. The number of halogens is 1. The van der Waals surface area contributed by atoms with Crippen molar-refractivity contribution >= 4 is 27.3 Å². The molecule has 0 aromatic heterocycles. The van der Waals surface area contributed by atoms with Crippen LogP contribution in [-0.2, 0) is 4.74 Å². The fourth-order valence-corrected chi connectivity index (χ4v) is 1.80. The van der Waals surface area contributed by atoms with E-state index >= 15 is 0 Å². The van der Waals surface area contributed by atoms with Gasteiger partial charge in [-0.15, -0.1) is 0 Å². The largest absolute Gasteiger partial charge is 0.379 e. The van der Waals surface area contributed by atoms with Gasteiger partial charge in [0, 0.05) is 29.4 Å². The lowest BCUT2D eigenvalue weighted by molar-refractivity contribution is -0.384. The van der Waals surface area contributed by atoms with Gasteiger partial charge in [-0.2, -0.15) is 0 Å². The lowest BCUT2D eigenvalue weighted by Crippen LogP contribution is -2.41. The third kappa shape index (κ3) is 3.43. The van der Waals surface area contributed by atoms with Crippen LogP contribution in [0.5, 0.6) is 0 Å². The number of methoxy groups -OCH3 is 1. The van der Waals surface area contributed by atoms with Gasteiger partial charge in [0.15, 0.2) is 0 Å². The maximum absolute atomic E-state index is 10.6. The summed E-state index contributed by atoms with van der Waals surface area (Å²) in [6.45, 7) is 5.95. The number of nitrogens with zero attached hydrogens (tertiary/aromatic N) is 1. The minimum atomic E-state index is -0.420. The van der Waals surface area contributed by atoms with Gasteiger partial charge in [0.05, 0.1) is 16.6 Å². The molecule has 0 amide bonds. The number of hydrogen-bond donors (Lipinski definition) is 1. The molecule has 0 saturated carbocycles. The Morgan fingerprint density at radius 1 is 1.50 bits per heavy atom. The monoisotopic (exact) mass is 316 g/mol. The van der Waals surface area contributed by atoms with E-state index < -0.39 is 4.92 Å². The first-order chi connectivity index (χ1) is 8.27. The van der Waals surface area contributed by atoms with E-state index in [0.29, 0.717) is 4.47 Å². The Kier molecular flexibility index (Phi) is 4.70. The first-order valence-electron chi connectivity index (χ1n) is 5.53. The SMILES string of the molecule is COC(C)(C)C(C)Nc1ccc([N+](=O)[O-])cc1Br. The molecule has 0 saturated heterocycles. The highest BCUT2D eigenvalue weighted by Gasteiger charge is 2.25. The second-order valence-corrected chi connectivity index (χ2v) is 5.45. The van der Waals surface area contributed by atoms with Crippen molar-refractivity contribution in [2.45, 2.75) is 32.4 Å². The number of ether oxygens (including phenoxy) is 1. The third-order valence-electron chi connectivity index (χ3n) is 3.10. The van der Waals surface area contributed by atoms with Crippen LogP contribution in [0.2, 0.25) is 0 Å². The van der Waals surface area contributed by atoms with Crippen molar-refractivity contribution in [2.75, 3.05) is 12.4 Å². The minimum Gasteiger partial charge on any atom is -0.379 e. The molecule has 0 radical (unpaired) electrons. The van der Waals surface area contributed by atoms with E-state index in [-0.39, 0.29) is 17.3 Å². The van der Waals surface area contributed by atoms with Crippen molar-refractivity contribution in [3.8, 4) is 0 Å². The molecular formula is C12H17BrN2O3. The number of anilines is 1. The molecule has 1 atom stereocenters. The summed E-state index contributed by atoms with van der Waals surface area (Å²) in [7, 11) is 1.66. The molecule has 5 nitrogen and oxygen atoms in total. The number of nitrogens with one attached hydrogen (secondary N) is 1. The highest BCUT2D eigenvalue weighted by Crippen LogP contribution is 2.29. The number of hydrogen-bond acceptors (Lipinski definition) is 4. The summed E-state index contributed by atoms with van der Waals surface area (Å²) in [6, 6.07) is 4.69. The van der Waals surface area contributed by atoms with E-state index in [1.807, 2.05) is 20.8 Å². The molecule has 1 N–H and O–H groups in total. The topological polar surface area (TPSA) is 64.4 Å². The zero-order valence-electron chi connectivity index (χ0n) is 10.9. The smallest absolute Gasteiger partial charge is 0.270 e. The summed E-state index contributed by atoms with van der Waals surface area (Å²) < 4.78 is 6.05. The van der Waals surface area contributed by atoms with Crippen LogP contribution in [0.1, 0.15) is 20.8 Å². The Morgan fingerprint density at radius 3 is 2.56 bits per heavy atom. The Morgan fingerprint density at radius 2 is 2.11 bits per heavy atom. The van der Waals surface area contributed by atoms with E-state index in [2.05, 4.69) is 21.2 Å². The standard InChI is InChI=1S/C12H17BrN2O3/c1-8(12(2,3)18-4)14-11-6-5-9(15(16)17)7-10(11)13/h5-8,14H,1-4H3. The predicted molar refractivity (Wildman–Crippen MR) is 75.0 cm³/mol. The third-order valence-corrected chi connectivity index (χ3v) is 3.76. The second-order valence-electron chi connectivity index (χ2n) is 4.59. The van der Waals surface area contributed by atoms with Crippen molar-refractivity contribution in [2.24, 2.45) is 0 Å². The molecule has 0 aliphatic rings. The zero-order valence-corrected chi connectivity index (χ0v) is 12.4. The van der Waals surface area contributed by atoms with Gasteiger partial charge in [-0.3, -0.25) is 10.1 Å². The average Bonchev–Trinajstić information content (AvgIpc) is 2.31. The van der Waals surface area contributed by atoms with Crippen molar-refractivity contribution in [1.29, 1.82) is 0 Å². The molecule has 1 rings (SSSR count). The van der Waals surface area contributed by atoms with Gasteiger partial charge in [0.1, 0.15) is 0 Å². The summed E-state index contributed by atoms with van der Waals surface area (Å²) in [5.41, 5.74) is 0.533. The summed E-state index contributed by atoms with van der Waals surface area (Å²) in [6.07, 6.45) is 0. The van der Waals surface area contributed by atoms with E-state index in [1.54, 1.807) is 13.2 Å². The number of benzene rings is 1. The molecule has 0 spiro atoms. The molecular weight excluding hydrogens is 300 g/mol. The van der Waals surface area contributed by atoms with Crippen LogP contribution in [0.25, 0.3) is 0 Å². The van der Waals surface area contributed by atoms with Crippen molar-refractivity contribution in [1.82, 2.24) is 0 Å². The van der Waals surface area contributed by atoms with Gasteiger partial charge < -0.3 is 10.1 Å². The van der Waals surface area contributed by atoms with E-state index in [9.17, 15) is 10.1 Å². The minimum absolute atomic E-state index is 0.0558. The summed E-state index contributed by atoms with van der Waals surface area (Å²) in [5, 5.41) is 13.9. The van der Waals surface area contributed by atoms with Gasteiger partial charge in [0.2, 0.25) is 0 Å². The van der Waals surface area contributed by atoms with Crippen molar-refractivity contribution < 1.29 is 9.66 Å². The molecule has 0 fully saturated rings. The Balaban J connectivity index is 2.89. The summed E-state index contributed by atoms with van der Waals surface area (Å²) >= 11 is 3.32. The van der Waals surface area contributed by atoms with Gasteiger partial charge in [0.25, 0.3) is 5.69 Å². The molecule has 6 heteroatoms. The van der Waals surface area contributed by atoms with Crippen LogP contribution in [0.4, 0.5) is 11.4 Å². The van der Waals surface area contributed by atoms with Gasteiger partial charge in [-0.05, 0) is 42.8 Å². The molecule has 1 unspecified atom stereocenters. The molecule has 0 bridgehead atoms. The van der Waals surface area contributed by atoms with Crippen LogP contribution in [0, 0.1) is 10.1 Å². The quantitative estimate of drug-likeness (QED) is 0.666. The zero-order chi connectivity index (χ0) is 13.9. The highest BCUT2D eigenvalue weighted by atomic mass is 79.9. The van der Waals surface area contributed by atoms with Crippen molar-refractivity contribution in [3.63, 3.8) is 0 Å². The number of rotatable bonds is 5. The molecule has 0 heterocycles. The van der Waals surface area contributed by atoms with Gasteiger partial charge >= 0.3 is 0 Å². The molecule has 0 aliphatic carbocycles. The average molecular weight is 317 g/mol. The van der Waals surface area contributed by atoms with Crippen LogP contribution >= 0.6 is 15.9 Å². The normalized spacial score (nSPS) is 13.2. The first-order valence-corrected chi connectivity index (χ1v) is 6.33. The van der Waals surface area contributed by atoms with Gasteiger partial charge in [-0.25, -0.2) is 0 Å². The highest BCUT2D eigenvalue weighted by molar-refractivity contribution is 9.10. The number of non-ortho nitro benzene ring substituents is 1. The second kappa shape index (κ2) is 5.67. The van der Waals surface area contributed by atoms with E-state index in [4.69, 9.17) is 4.74 Å². The molecule has 18 heavy (non-hydrogen) atoms. The molecule has 0 aliphatic heterocycles. The summed E-state index contributed by atoms with van der Waals surface area (Å²) in [4.78, 5) is 10.2.